The fourth-order valence-corrected chi connectivity index (χ4v) is 2.93. The third kappa shape index (κ3) is 4.30. The number of aromatic amines is 1. The number of amides is 2. The van der Waals surface area contributed by atoms with E-state index in [0.29, 0.717) is 16.8 Å². The second-order valence-electron chi connectivity index (χ2n) is 6.36. The Morgan fingerprint density at radius 1 is 1.04 bits per heavy atom. The molecule has 0 radical (unpaired) electrons. The van der Waals surface area contributed by atoms with E-state index in [-0.39, 0.29) is 23.9 Å². The first kappa shape index (κ1) is 19.2. The molecule has 0 atom stereocenters. The summed E-state index contributed by atoms with van der Waals surface area (Å²) in [5.74, 6) is -0.999. The van der Waals surface area contributed by atoms with Crippen molar-refractivity contribution in [2.24, 2.45) is 0 Å². The Labute approximate surface area is 152 Å². The third-order valence-electron chi connectivity index (χ3n) is 4.15. The third-order valence-corrected chi connectivity index (χ3v) is 4.15. The number of rotatable bonds is 5. The van der Waals surface area contributed by atoms with Gasteiger partial charge in [-0.2, -0.15) is 0 Å². The van der Waals surface area contributed by atoms with Crippen molar-refractivity contribution in [1.29, 1.82) is 0 Å². The molecule has 26 heavy (non-hydrogen) atoms. The molecule has 2 rings (SSSR count). The zero-order valence-corrected chi connectivity index (χ0v) is 15.7. The number of H-pyrrole nitrogens is 1. The number of Topliss-reactive ketones (excluding diaryl/α,β-unsaturated/α-hetero) is 1. The molecule has 1 aromatic heterocycles. The molecule has 7 nitrogen and oxygen atoms in total. The second-order valence-corrected chi connectivity index (χ2v) is 6.36. The van der Waals surface area contributed by atoms with E-state index in [1.54, 1.807) is 13.8 Å². The summed E-state index contributed by atoms with van der Waals surface area (Å²) >= 11 is 0. The lowest BCUT2D eigenvalue weighted by Gasteiger charge is -2.11. The Balaban J connectivity index is 1.92. The van der Waals surface area contributed by atoms with E-state index >= 15 is 0 Å². The molecular formula is C19H24N4O3. The van der Waals surface area contributed by atoms with Gasteiger partial charge in [-0.15, -0.1) is 0 Å². The zero-order valence-electron chi connectivity index (χ0n) is 15.7. The standard InChI is InChI=1S/C19H24N4O3/c1-10-6-7-15(11(2)8-10)20-9-16(25)22-23-19(26)18-12(3)17(14(5)24)13(4)21-18/h6-8,20-21H,9H2,1-5H3,(H,22,25)(H,23,26). The maximum Gasteiger partial charge on any atom is 0.286 e. The Hall–Kier alpha value is -3.09. The lowest BCUT2D eigenvalue weighted by atomic mass is 10.1. The van der Waals surface area contributed by atoms with Gasteiger partial charge in [0.05, 0.1) is 6.54 Å². The van der Waals surface area contributed by atoms with Gasteiger partial charge in [-0.05, 0) is 51.8 Å². The summed E-state index contributed by atoms with van der Waals surface area (Å²) in [6, 6.07) is 5.88. The predicted molar refractivity (Wildman–Crippen MR) is 100 cm³/mol. The highest BCUT2D eigenvalue weighted by Gasteiger charge is 2.20. The van der Waals surface area contributed by atoms with Crippen molar-refractivity contribution < 1.29 is 14.4 Å². The first-order chi connectivity index (χ1) is 12.2. The lowest BCUT2D eigenvalue weighted by molar-refractivity contribution is -0.120. The summed E-state index contributed by atoms with van der Waals surface area (Å²) < 4.78 is 0. The molecule has 1 aromatic carbocycles. The van der Waals surface area contributed by atoms with Crippen molar-refractivity contribution in [3.05, 3.63) is 51.8 Å². The Morgan fingerprint density at radius 3 is 2.31 bits per heavy atom. The van der Waals surface area contributed by atoms with Crippen molar-refractivity contribution in [3.63, 3.8) is 0 Å². The number of ketones is 1. The average molecular weight is 356 g/mol. The van der Waals surface area contributed by atoms with Crippen LogP contribution in [-0.4, -0.2) is 29.1 Å². The Bertz CT molecular complexity index is 868. The van der Waals surface area contributed by atoms with Crippen LogP contribution in [0.15, 0.2) is 18.2 Å². The van der Waals surface area contributed by atoms with Gasteiger partial charge in [0.15, 0.2) is 5.78 Å². The number of carbonyl (C=O) groups excluding carboxylic acids is 3. The molecule has 2 amide bonds. The van der Waals surface area contributed by atoms with Crippen LogP contribution in [0.25, 0.3) is 0 Å². The van der Waals surface area contributed by atoms with E-state index in [1.807, 2.05) is 32.0 Å². The largest absolute Gasteiger partial charge is 0.376 e. The Morgan fingerprint density at radius 2 is 1.73 bits per heavy atom. The van der Waals surface area contributed by atoms with Crippen LogP contribution < -0.4 is 16.2 Å². The molecule has 1 heterocycles. The van der Waals surface area contributed by atoms with Gasteiger partial charge in [0.2, 0.25) is 0 Å². The number of hydrazine groups is 1. The van der Waals surface area contributed by atoms with Crippen molar-refractivity contribution in [2.45, 2.75) is 34.6 Å². The summed E-state index contributed by atoms with van der Waals surface area (Å²) in [5, 5.41) is 3.03. The van der Waals surface area contributed by atoms with Crippen molar-refractivity contribution in [3.8, 4) is 0 Å². The lowest BCUT2D eigenvalue weighted by Crippen LogP contribution is -2.44. The molecule has 0 saturated heterocycles. The summed E-state index contributed by atoms with van der Waals surface area (Å²) in [6.07, 6.45) is 0. The highest BCUT2D eigenvalue weighted by molar-refractivity contribution is 6.02. The maximum absolute atomic E-state index is 12.2. The molecular weight excluding hydrogens is 332 g/mol. The monoisotopic (exact) mass is 356 g/mol. The van der Waals surface area contributed by atoms with E-state index < -0.39 is 5.91 Å². The highest BCUT2D eigenvalue weighted by Crippen LogP contribution is 2.18. The van der Waals surface area contributed by atoms with Crippen LogP contribution in [0.1, 0.15) is 50.2 Å². The SMILES string of the molecule is CC(=O)c1c(C)[nH]c(C(=O)NNC(=O)CNc2ccc(C)cc2C)c1C. The molecule has 0 fully saturated rings. The van der Waals surface area contributed by atoms with Crippen LogP contribution in [0.3, 0.4) is 0 Å². The van der Waals surface area contributed by atoms with Crippen LogP contribution in [-0.2, 0) is 4.79 Å². The van der Waals surface area contributed by atoms with E-state index in [4.69, 9.17) is 0 Å². The van der Waals surface area contributed by atoms with Gasteiger partial charge >= 0.3 is 0 Å². The van der Waals surface area contributed by atoms with Crippen molar-refractivity contribution in [1.82, 2.24) is 15.8 Å². The number of hydrogen-bond acceptors (Lipinski definition) is 4. The maximum atomic E-state index is 12.2. The van der Waals surface area contributed by atoms with E-state index in [0.717, 1.165) is 16.8 Å². The van der Waals surface area contributed by atoms with Crippen LogP contribution in [0.4, 0.5) is 5.69 Å². The van der Waals surface area contributed by atoms with Crippen LogP contribution in [0.5, 0.6) is 0 Å². The topological polar surface area (TPSA) is 103 Å². The van der Waals surface area contributed by atoms with Gasteiger partial charge in [0.25, 0.3) is 11.8 Å². The number of aromatic nitrogens is 1. The molecule has 0 bridgehead atoms. The van der Waals surface area contributed by atoms with Gasteiger partial charge in [0, 0.05) is 16.9 Å². The van der Waals surface area contributed by atoms with Gasteiger partial charge in [-0.1, -0.05) is 17.7 Å². The molecule has 4 N–H and O–H groups in total. The van der Waals surface area contributed by atoms with Crippen LogP contribution in [0.2, 0.25) is 0 Å². The molecule has 0 aliphatic carbocycles. The first-order valence-corrected chi connectivity index (χ1v) is 8.31. The van der Waals surface area contributed by atoms with E-state index in [9.17, 15) is 14.4 Å². The smallest absolute Gasteiger partial charge is 0.286 e. The summed E-state index contributed by atoms with van der Waals surface area (Å²) in [4.78, 5) is 38.7. The minimum Gasteiger partial charge on any atom is -0.376 e. The minimum absolute atomic E-state index is 0.0195. The first-order valence-electron chi connectivity index (χ1n) is 8.31. The number of hydrogen-bond donors (Lipinski definition) is 4. The van der Waals surface area contributed by atoms with E-state index in [1.165, 1.54) is 6.92 Å². The van der Waals surface area contributed by atoms with Crippen molar-refractivity contribution >= 4 is 23.3 Å². The summed E-state index contributed by atoms with van der Waals surface area (Å²) in [7, 11) is 0. The molecule has 7 heteroatoms. The molecule has 0 unspecified atom stereocenters. The second kappa shape index (κ2) is 7.86. The molecule has 0 spiro atoms. The van der Waals surface area contributed by atoms with E-state index in [2.05, 4.69) is 21.2 Å². The van der Waals surface area contributed by atoms with Gasteiger partial charge in [-0.3, -0.25) is 25.2 Å². The summed E-state index contributed by atoms with van der Waals surface area (Å²) in [6.45, 7) is 8.85. The average Bonchev–Trinajstić information content (AvgIpc) is 2.86. The van der Waals surface area contributed by atoms with Crippen LogP contribution in [0, 0.1) is 27.7 Å². The highest BCUT2D eigenvalue weighted by atomic mass is 16.2. The molecule has 0 aliphatic heterocycles. The van der Waals surface area contributed by atoms with Crippen LogP contribution >= 0.6 is 0 Å². The normalized spacial score (nSPS) is 10.3. The number of nitrogens with one attached hydrogen (secondary N) is 4. The number of anilines is 1. The molecule has 0 aliphatic rings. The van der Waals surface area contributed by atoms with Gasteiger partial charge in [-0.25, -0.2) is 0 Å². The number of carbonyl (C=O) groups is 3. The van der Waals surface area contributed by atoms with Gasteiger partial charge in [0.1, 0.15) is 5.69 Å². The van der Waals surface area contributed by atoms with Crippen molar-refractivity contribution in [2.75, 3.05) is 11.9 Å². The minimum atomic E-state index is -0.502. The Kier molecular flexibility index (Phi) is 5.82. The number of aryl methyl sites for hydroxylation is 3. The fraction of sp³-hybridized carbons (Fsp3) is 0.316. The molecule has 2 aromatic rings. The quantitative estimate of drug-likeness (QED) is 0.488. The zero-order chi connectivity index (χ0) is 19.4. The number of benzene rings is 1. The summed E-state index contributed by atoms with van der Waals surface area (Å²) in [5.41, 5.74) is 9.71. The molecule has 138 valence electrons. The van der Waals surface area contributed by atoms with Gasteiger partial charge < -0.3 is 10.3 Å². The molecule has 0 saturated carbocycles. The predicted octanol–water partition coefficient (Wildman–Crippen LogP) is 2.32. The fourth-order valence-electron chi connectivity index (χ4n) is 2.93.